The maximum Gasteiger partial charge on any atom is 0.137 e. The van der Waals surface area contributed by atoms with Gasteiger partial charge in [-0.3, -0.25) is 0 Å². The molecule has 0 radical (unpaired) electrons. The van der Waals surface area contributed by atoms with Crippen LogP contribution in [0.3, 0.4) is 0 Å². The van der Waals surface area contributed by atoms with Crippen LogP contribution < -0.4 is 10.5 Å². The Balaban J connectivity index is 2.04. The molecule has 1 unspecified atom stereocenters. The van der Waals surface area contributed by atoms with E-state index in [1.807, 2.05) is 0 Å². The fourth-order valence-corrected chi connectivity index (χ4v) is 4.05. The van der Waals surface area contributed by atoms with E-state index in [0.29, 0.717) is 6.10 Å². The molecule has 0 spiro atoms. The van der Waals surface area contributed by atoms with Gasteiger partial charge in [-0.2, -0.15) is 0 Å². The van der Waals surface area contributed by atoms with E-state index >= 15 is 0 Å². The van der Waals surface area contributed by atoms with Gasteiger partial charge in [-0.1, -0.05) is 18.9 Å². The molecule has 1 atom stereocenters. The topological polar surface area (TPSA) is 35.2 Å². The minimum Gasteiger partial charge on any atom is -0.489 e. The van der Waals surface area contributed by atoms with E-state index in [1.165, 1.54) is 36.8 Å². The first-order valence-corrected chi connectivity index (χ1v) is 7.63. The summed E-state index contributed by atoms with van der Waals surface area (Å²) in [6, 6.07) is 4.57. The Labute approximate surface area is 117 Å². The van der Waals surface area contributed by atoms with Gasteiger partial charge in [0.15, 0.2) is 0 Å². The van der Waals surface area contributed by atoms with Crippen molar-refractivity contribution in [3.05, 3.63) is 27.7 Å². The van der Waals surface area contributed by atoms with Gasteiger partial charge in [0.1, 0.15) is 11.9 Å². The normalized spacial score (nSPS) is 24.9. The van der Waals surface area contributed by atoms with Gasteiger partial charge in [0, 0.05) is 18.4 Å². The summed E-state index contributed by atoms with van der Waals surface area (Å²) in [7, 11) is 0. The lowest BCUT2D eigenvalue weighted by Gasteiger charge is -2.28. The molecule has 1 aromatic rings. The van der Waals surface area contributed by atoms with Gasteiger partial charge in [0.05, 0.1) is 4.47 Å². The molecule has 98 valence electrons. The van der Waals surface area contributed by atoms with E-state index < -0.39 is 0 Å². The number of benzene rings is 1. The van der Waals surface area contributed by atoms with Crippen molar-refractivity contribution in [3.8, 4) is 5.75 Å². The van der Waals surface area contributed by atoms with Crippen LogP contribution in [0.15, 0.2) is 16.6 Å². The second-order valence-electron chi connectivity index (χ2n) is 5.77. The Morgan fingerprint density at radius 1 is 1.39 bits per heavy atom. The molecule has 2 N–H and O–H groups in total. The van der Waals surface area contributed by atoms with Crippen molar-refractivity contribution >= 4 is 15.9 Å². The molecule has 0 amide bonds. The lowest BCUT2D eigenvalue weighted by Crippen LogP contribution is -2.32. The van der Waals surface area contributed by atoms with Crippen molar-refractivity contribution in [1.29, 1.82) is 0 Å². The molecule has 1 fully saturated rings. The van der Waals surface area contributed by atoms with Crippen molar-refractivity contribution in [2.24, 2.45) is 5.73 Å². The van der Waals surface area contributed by atoms with Gasteiger partial charge in [0.2, 0.25) is 0 Å². The highest BCUT2D eigenvalue weighted by atomic mass is 79.9. The van der Waals surface area contributed by atoms with Crippen molar-refractivity contribution in [3.63, 3.8) is 0 Å². The zero-order valence-electron chi connectivity index (χ0n) is 10.8. The number of hydrogen-bond donors (Lipinski definition) is 1. The largest absolute Gasteiger partial charge is 0.489 e. The second kappa shape index (κ2) is 4.53. The van der Waals surface area contributed by atoms with Crippen molar-refractivity contribution in [2.45, 2.75) is 50.5 Å². The second-order valence-corrected chi connectivity index (χ2v) is 6.62. The molecule has 1 aliphatic carbocycles. The monoisotopic (exact) mass is 309 g/mol. The van der Waals surface area contributed by atoms with Crippen LogP contribution in [-0.4, -0.2) is 12.6 Å². The van der Waals surface area contributed by atoms with Crippen molar-refractivity contribution in [2.75, 3.05) is 6.54 Å². The van der Waals surface area contributed by atoms with Gasteiger partial charge in [-0.05, 0) is 52.9 Å². The Bertz CT molecular complexity index is 466. The minimum atomic E-state index is 0.212. The molecule has 1 aromatic carbocycles. The number of rotatable bonds is 2. The molecular weight excluding hydrogens is 290 g/mol. The average molecular weight is 310 g/mol. The summed E-state index contributed by atoms with van der Waals surface area (Å²) >= 11 is 3.66. The smallest absolute Gasteiger partial charge is 0.137 e. The fraction of sp³-hybridized carbons (Fsp3) is 0.600. The molecule has 1 aliphatic heterocycles. The SMILES string of the molecule is CC1Cc2cc(C3(CN)CCCC3)cc(Br)c2O1. The number of ether oxygens (including phenoxy) is 1. The zero-order valence-corrected chi connectivity index (χ0v) is 12.4. The average Bonchev–Trinajstić information content (AvgIpc) is 2.95. The first-order valence-electron chi connectivity index (χ1n) is 6.84. The highest BCUT2D eigenvalue weighted by molar-refractivity contribution is 9.10. The van der Waals surface area contributed by atoms with Crippen LogP contribution in [0.25, 0.3) is 0 Å². The quantitative estimate of drug-likeness (QED) is 0.907. The molecule has 3 rings (SSSR count). The summed E-state index contributed by atoms with van der Waals surface area (Å²) in [5.74, 6) is 1.04. The molecule has 3 heteroatoms. The van der Waals surface area contributed by atoms with Crippen LogP contribution in [0.1, 0.15) is 43.7 Å². The molecule has 2 aliphatic rings. The van der Waals surface area contributed by atoms with Crippen LogP contribution in [0.2, 0.25) is 0 Å². The summed E-state index contributed by atoms with van der Waals surface area (Å²) in [5, 5.41) is 0. The Morgan fingerprint density at radius 2 is 2.11 bits per heavy atom. The fourth-order valence-electron chi connectivity index (χ4n) is 3.46. The molecule has 18 heavy (non-hydrogen) atoms. The van der Waals surface area contributed by atoms with Crippen LogP contribution in [-0.2, 0) is 11.8 Å². The number of nitrogens with two attached hydrogens (primary N) is 1. The van der Waals surface area contributed by atoms with Gasteiger partial charge < -0.3 is 10.5 Å². The third-order valence-electron chi connectivity index (χ3n) is 4.51. The zero-order chi connectivity index (χ0) is 12.8. The maximum atomic E-state index is 6.08. The molecule has 0 aromatic heterocycles. The maximum absolute atomic E-state index is 6.08. The summed E-state index contributed by atoms with van der Waals surface area (Å²) in [6.07, 6.45) is 6.38. The molecule has 2 nitrogen and oxygen atoms in total. The summed E-state index contributed by atoms with van der Waals surface area (Å²) < 4.78 is 6.94. The predicted molar refractivity (Wildman–Crippen MR) is 77.1 cm³/mol. The number of hydrogen-bond acceptors (Lipinski definition) is 2. The first-order chi connectivity index (χ1) is 8.64. The predicted octanol–water partition coefficient (Wildman–Crippen LogP) is 3.54. The van der Waals surface area contributed by atoms with Crippen molar-refractivity contribution < 1.29 is 4.74 Å². The van der Waals surface area contributed by atoms with E-state index in [2.05, 4.69) is 35.0 Å². The molecular formula is C15H20BrNO. The summed E-state index contributed by atoms with van der Waals surface area (Å²) in [6.45, 7) is 2.88. The van der Waals surface area contributed by atoms with Gasteiger partial charge >= 0.3 is 0 Å². The molecule has 0 bridgehead atoms. The van der Waals surface area contributed by atoms with E-state index in [0.717, 1.165) is 23.2 Å². The summed E-state index contributed by atoms with van der Waals surface area (Å²) in [5.41, 5.74) is 9.04. The van der Waals surface area contributed by atoms with E-state index in [-0.39, 0.29) is 5.41 Å². The van der Waals surface area contributed by atoms with E-state index in [9.17, 15) is 0 Å². The lowest BCUT2D eigenvalue weighted by atomic mass is 9.78. The standard InChI is InChI=1S/C15H20BrNO/c1-10-6-11-7-12(8-13(16)14(11)18-10)15(9-17)4-2-3-5-15/h7-8,10H,2-6,9,17H2,1H3. The number of fused-ring (bicyclic) bond motifs is 1. The Hall–Kier alpha value is -0.540. The van der Waals surface area contributed by atoms with Crippen LogP contribution in [0, 0.1) is 0 Å². The molecule has 1 saturated carbocycles. The van der Waals surface area contributed by atoms with E-state index in [1.54, 1.807) is 0 Å². The van der Waals surface area contributed by atoms with Gasteiger partial charge in [-0.25, -0.2) is 0 Å². The highest BCUT2D eigenvalue weighted by Crippen LogP contribution is 2.45. The third-order valence-corrected chi connectivity index (χ3v) is 5.10. The third kappa shape index (κ3) is 1.88. The lowest BCUT2D eigenvalue weighted by molar-refractivity contribution is 0.253. The van der Waals surface area contributed by atoms with Crippen LogP contribution >= 0.6 is 15.9 Å². The summed E-state index contributed by atoms with van der Waals surface area (Å²) in [4.78, 5) is 0. The highest BCUT2D eigenvalue weighted by Gasteiger charge is 2.36. The molecule has 1 heterocycles. The van der Waals surface area contributed by atoms with Crippen molar-refractivity contribution in [1.82, 2.24) is 0 Å². The van der Waals surface area contributed by atoms with Crippen LogP contribution in [0.5, 0.6) is 5.75 Å². The van der Waals surface area contributed by atoms with Crippen LogP contribution in [0.4, 0.5) is 0 Å². The van der Waals surface area contributed by atoms with Gasteiger partial charge in [0.25, 0.3) is 0 Å². The van der Waals surface area contributed by atoms with E-state index in [4.69, 9.17) is 10.5 Å². The number of halogens is 1. The minimum absolute atomic E-state index is 0.212. The van der Waals surface area contributed by atoms with Gasteiger partial charge in [-0.15, -0.1) is 0 Å². The first kappa shape index (κ1) is 12.5. The Morgan fingerprint density at radius 3 is 2.78 bits per heavy atom. The molecule has 0 saturated heterocycles. The Kier molecular flexibility index (Phi) is 3.15.